The van der Waals surface area contributed by atoms with Crippen molar-refractivity contribution >= 4 is 21.8 Å². The Bertz CT molecular complexity index is 1220. The molecular weight excluding hydrogens is 515 g/mol. The Morgan fingerprint density at radius 3 is 2.61 bits per heavy atom. The maximum absolute atomic E-state index is 14.6. The van der Waals surface area contributed by atoms with Gasteiger partial charge in [0.1, 0.15) is 22.8 Å². The summed E-state index contributed by atoms with van der Waals surface area (Å²) < 4.78 is 75.7. The molecule has 3 aromatic rings. The zero-order valence-electron chi connectivity index (χ0n) is 16.6. The van der Waals surface area contributed by atoms with Crippen LogP contribution in [0.3, 0.4) is 0 Å². The standard InChI is InChI=1S/C22H14BrF5N2O3/c23-14-5-3-12(10-15(14)24)20(31)30-21(7-9-32-18-2-1-8-29-19(18)21)13-4-6-17(16(25)11-13)33-22(26,27)28/h1-6,8,10-11H,7,9H2,(H,30,31). The Labute approximate surface area is 192 Å². The molecule has 11 heteroatoms. The van der Waals surface area contributed by atoms with E-state index >= 15 is 0 Å². The number of pyridine rings is 1. The highest BCUT2D eigenvalue weighted by Crippen LogP contribution is 2.42. The summed E-state index contributed by atoms with van der Waals surface area (Å²) in [6.45, 7) is 0.0933. The maximum atomic E-state index is 14.6. The number of carbonyl (C=O) groups is 1. The molecule has 1 N–H and O–H groups in total. The van der Waals surface area contributed by atoms with E-state index in [0.717, 1.165) is 18.2 Å². The molecule has 1 unspecified atom stereocenters. The Morgan fingerprint density at radius 1 is 1.12 bits per heavy atom. The van der Waals surface area contributed by atoms with Gasteiger partial charge in [-0.1, -0.05) is 6.07 Å². The van der Waals surface area contributed by atoms with Gasteiger partial charge in [-0.15, -0.1) is 13.2 Å². The van der Waals surface area contributed by atoms with E-state index < -0.39 is 35.2 Å². The molecule has 2 heterocycles. The Balaban J connectivity index is 1.81. The maximum Gasteiger partial charge on any atom is 0.573 e. The number of hydrogen-bond acceptors (Lipinski definition) is 4. The molecule has 0 radical (unpaired) electrons. The van der Waals surface area contributed by atoms with Crippen LogP contribution in [0.5, 0.6) is 11.5 Å². The molecule has 0 saturated heterocycles. The summed E-state index contributed by atoms with van der Waals surface area (Å²) in [7, 11) is 0. The first kappa shape index (κ1) is 23.0. The molecule has 33 heavy (non-hydrogen) atoms. The quantitative estimate of drug-likeness (QED) is 0.456. The first-order valence-corrected chi connectivity index (χ1v) is 10.3. The van der Waals surface area contributed by atoms with E-state index in [1.54, 1.807) is 12.1 Å². The van der Waals surface area contributed by atoms with Crippen molar-refractivity contribution in [2.45, 2.75) is 18.3 Å². The van der Waals surface area contributed by atoms with E-state index in [4.69, 9.17) is 4.74 Å². The summed E-state index contributed by atoms with van der Waals surface area (Å²) in [5.74, 6) is -3.35. The fourth-order valence-electron chi connectivity index (χ4n) is 3.61. The largest absolute Gasteiger partial charge is 0.573 e. The van der Waals surface area contributed by atoms with E-state index in [1.807, 2.05) is 0 Å². The molecule has 0 spiro atoms. The molecule has 4 rings (SSSR count). The molecule has 2 aromatic carbocycles. The van der Waals surface area contributed by atoms with Gasteiger partial charge in [-0.2, -0.15) is 0 Å². The van der Waals surface area contributed by atoms with Crippen LogP contribution in [0.4, 0.5) is 22.0 Å². The Kier molecular flexibility index (Phi) is 6.00. The lowest BCUT2D eigenvalue weighted by Gasteiger charge is -2.39. The van der Waals surface area contributed by atoms with Gasteiger partial charge in [-0.25, -0.2) is 8.78 Å². The van der Waals surface area contributed by atoms with Crippen LogP contribution in [0.25, 0.3) is 0 Å². The van der Waals surface area contributed by atoms with Gasteiger partial charge in [-0.3, -0.25) is 9.78 Å². The number of alkyl halides is 3. The number of hydrogen-bond donors (Lipinski definition) is 1. The molecule has 1 atom stereocenters. The van der Waals surface area contributed by atoms with Crippen molar-refractivity contribution in [2.24, 2.45) is 0 Å². The Morgan fingerprint density at radius 2 is 1.91 bits per heavy atom. The number of amides is 1. The van der Waals surface area contributed by atoms with Crippen molar-refractivity contribution in [3.63, 3.8) is 0 Å². The number of carbonyl (C=O) groups excluding carboxylic acids is 1. The lowest BCUT2D eigenvalue weighted by molar-refractivity contribution is -0.275. The summed E-state index contributed by atoms with van der Waals surface area (Å²) in [5, 5.41) is 2.77. The van der Waals surface area contributed by atoms with Gasteiger partial charge in [0.2, 0.25) is 0 Å². The van der Waals surface area contributed by atoms with Crippen LogP contribution in [-0.2, 0) is 5.54 Å². The first-order chi connectivity index (χ1) is 15.6. The number of nitrogens with one attached hydrogen (secondary N) is 1. The third-order valence-corrected chi connectivity index (χ3v) is 5.71. The van der Waals surface area contributed by atoms with Crippen LogP contribution >= 0.6 is 15.9 Å². The third kappa shape index (κ3) is 4.63. The van der Waals surface area contributed by atoms with Crippen LogP contribution in [0.15, 0.2) is 59.2 Å². The van der Waals surface area contributed by atoms with E-state index in [1.165, 1.54) is 24.4 Å². The predicted molar refractivity (Wildman–Crippen MR) is 110 cm³/mol. The zero-order valence-corrected chi connectivity index (χ0v) is 18.1. The summed E-state index contributed by atoms with van der Waals surface area (Å²) in [4.78, 5) is 17.4. The fraction of sp³-hybridized carbons (Fsp3) is 0.182. The summed E-state index contributed by atoms with van der Waals surface area (Å²) >= 11 is 3.01. The van der Waals surface area contributed by atoms with Gasteiger partial charge in [-0.05, 0) is 64.0 Å². The van der Waals surface area contributed by atoms with E-state index in [9.17, 15) is 26.7 Å². The molecule has 0 aliphatic carbocycles. The number of aromatic nitrogens is 1. The molecular formula is C22H14BrF5N2O3. The monoisotopic (exact) mass is 528 g/mol. The number of fused-ring (bicyclic) bond motifs is 1. The average molecular weight is 529 g/mol. The van der Waals surface area contributed by atoms with Crippen LogP contribution in [0.1, 0.15) is 28.0 Å². The molecule has 1 aliphatic rings. The lowest BCUT2D eigenvalue weighted by Crippen LogP contribution is -2.50. The van der Waals surface area contributed by atoms with Gasteiger partial charge in [0, 0.05) is 18.2 Å². The molecule has 0 saturated carbocycles. The third-order valence-electron chi connectivity index (χ3n) is 5.07. The summed E-state index contributed by atoms with van der Waals surface area (Å²) in [6.07, 6.45) is -3.56. The molecule has 172 valence electrons. The number of rotatable bonds is 4. The number of halogens is 6. The van der Waals surface area contributed by atoms with Crippen molar-refractivity contribution in [2.75, 3.05) is 6.61 Å². The van der Waals surface area contributed by atoms with Gasteiger partial charge in [0.05, 0.1) is 11.1 Å². The lowest BCUT2D eigenvalue weighted by atomic mass is 9.81. The smallest absolute Gasteiger partial charge is 0.491 e. The fourth-order valence-corrected chi connectivity index (χ4v) is 3.86. The highest BCUT2D eigenvalue weighted by atomic mass is 79.9. The van der Waals surface area contributed by atoms with Gasteiger partial charge in [0.25, 0.3) is 5.91 Å². The number of ether oxygens (including phenoxy) is 2. The van der Waals surface area contributed by atoms with Crippen molar-refractivity contribution in [1.82, 2.24) is 10.3 Å². The van der Waals surface area contributed by atoms with E-state index in [-0.39, 0.29) is 34.3 Å². The van der Waals surface area contributed by atoms with Gasteiger partial charge in [0.15, 0.2) is 11.6 Å². The van der Waals surface area contributed by atoms with Crippen molar-refractivity contribution < 1.29 is 36.2 Å². The van der Waals surface area contributed by atoms with E-state index in [0.29, 0.717) is 5.75 Å². The topological polar surface area (TPSA) is 60.5 Å². The molecule has 1 amide bonds. The SMILES string of the molecule is O=C(NC1(c2ccc(OC(F)(F)F)c(F)c2)CCOc2cccnc21)c1ccc(Br)c(F)c1. The Hall–Kier alpha value is -3.21. The molecule has 0 fully saturated rings. The van der Waals surface area contributed by atoms with Gasteiger partial charge < -0.3 is 14.8 Å². The normalized spacial score (nSPS) is 17.6. The number of nitrogens with zero attached hydrogens (tertiary/aromatic N) is 1. The van der Waals surface area contributed by atoms with Crippen LogP contribution in [0, 0.1) is 11.6 Å². The molecule has 1 aromatic heterocycles. The minimum atomic E-state index is -5.08. The van der Waals surface area contributed by atoms with Crippen LogP contribution in [0.2, 0.25) is 0 Å². The minimum absolute atomic E-state index is 0.0171. The van der Waals surface area contributed by atoms with Crippen molar-refractivity contribution in [3.05, 3.63) is 87.7 Å². The van der Waals surface area contributed by atoms with E-state index in [2.05, 4.69) is 31.0 Å². The molecule has 0 bridgehead atoms. The summed E-state index contributed by atoms with van der Waals surface area (Å²) in [5.41, 5.74) is -1.14. The summed E-state index contributed by atoms with van der Waals surface area (Å²) in [6, 6.07) is 9.83. The average Bonchev–Trinajstić information content (AvgIpc) is 2.76. The highest BCUT2D eigenvalue weighted by Gasteiger charge is 2.43. The first-order valence-electron chi connectivity index (χ1n) is 9.51. The van der Waals surface area contributed by atoms with Crippen LogP contribution < -0.4 is 14.8 Å². The molecule has 5 nitrogen and oxygen atoms in total. The second-order valence-electron chi connectivity index (χ2n) is 7.13. The van der Waals surface area contributed by atoms with Crippen molar-refractivity contribution in [3.8, 4) is 11.5 Å². The zero-order chi connectivity index (χ0) is 23.8. The van der Waals surface area contributed by atoms with Crippen molar-refractivity contribution in [1.29, 1.82) is 0 Å². The number of benzene rings is 2. The second-order valence-corrected chi connectivity index (χ2v) is 7.98. The minimum Gasteiger partial charge on any atom is -0.491 e. The van der Waals surface area contributed by atoms with Gasteiger partial charge >= 0.3 is 6.36 Å². The second kappa shape index (κ2) is 8.62. The van der Waals surface area contributed by atoms with Crippen LogP contribution in [-0.4, -0.2) is 23.9 Å². The molecule has 1 aliphatic heterocycles. The predicted octanol–water partition coefficient (Wildman–Crippen LogP) is 5.48. The highest BCUT2D eigenvalue weighted by molar-refractivity contribution is 9.10.